The van der Waals surface area contributed by atoms with Crippen LogP contribution >= 0.6 is 11.6 Å². The molecule has 24 heavy (non-hydrogen) atoms. The van der Waals surface area contributed by atoms with Crippen molar-refractivity contribution in [1.82, 2.24) is 0 Å². The molecule has 1 N–H and O–H groups in total. The summed E-state index contributed by atoms with van der Waals surface area (Å²) in [6.07, 6.45) is 0. The van der Waals surface area contributed by atoms with Crippen LogP contribution in [0.15, 0.2) is 42.5 Å². The van der Waals surface area contributed by atoms with Crippen LogP contribution in [0, 0.1) is 10.1 Å². The molecule has 2 aromatic rings. The van der Waals surface area contributed by atoms with E-state index in [1.54, 1.807) is 6.92 Å². The molecule has 0 heterocycles. The molecular weight excluding hydrogens is 336 g/mol. The number of esters is 1. The normalized spacial score (nSPS) is 10.1. The molecular formula is C16H13ClN2O5. The SMILES string of the molecule is CCOC(=O)c1ccc(NC(=O)c2cccc([N+](=O)[O-])c2)c(Cl)c1. The average Bonchev–Trinajstić information content (AvgIpc) is 2.56. The van der Waals surface area contributed by atoms with Crippen molar-refractivity contribution in [3.8, 4) is 0 Å². The minimum Gasteiger partial charge on any atom is -0.462 e. The number of hydrogen-bond donors (Lipinski definition) is 1. The van der Waals surface area contributed by atoms with Crippen molar-refractivity contribution in [1.29, 1.82) is 0 Å². The van der Waals surface area contributed by atoms with Crippen LogP contribution in [-0.4, -0.2) is 23.4 Å². The number of rotatable bonds is 5. The Bertz CT molecular complexity index is 807. The second-order valence-corrected chi connectivity index (χ2v) is 5.08. The zero-order valence-electron chi connectivity index (χ0n) is 12.6. The van der Waals surface area contributed by atoms with E-state index >= 15 is 0 Å². The third-order valence-corrected chi connectivity index (χ3v) is 3.36. The lowest BCUT2D eigenvalue weighted by Crippen LogP contribution is -2.13. The second-order valence-electron chi connectivity index (χ2n) is 4.68. The topological polar surface area (TPSA) is 98.5 Å². The zero-order valence-corrected chi connectivity index (χ0v) is 13.4. The van der Waals surface area contributed by atoms with Gasteiger partial charge in [0.15, 0.2) is 0 Å². The summed E-state index contributed by atoms with van der Waals surface area (Å²) in [7, 11) is 0. The summed E-state index contributed by atoms with van der Waals surface area (Å²) < 4.78 is 4.86. The fourth-order valence-corrected chi connectivity index (χ4v) is 2.14. The lowest BCUT2D eigenvalue weighted by Gasteiger charge is -2.09. The van der Waals surface area contributed by atoms with E-state index in [9.17, 15) is 19.7 Å². The molecule has 0 unspecified atom stereocenters. The number of amides is 1. The Morgan fingerprint density at radius 1 is 1.21 bits per heavy atom. The highest BCUT2D eigenvalue weighted by atomic mass is 35.5. The van der Waals surface area contributed by atoms with Crippen molar-refractivity contribution in [2.75, 3.05) is 11.9 Å². The molecule has 0 fully saturated rings. The predicted molar refractivity (Wildman–Crippen MR) is 88.5 cm³/mol. The number of nitro groups is 1. The Hall–Kier alpha value is -2.93. The van der Waals surface area contributed by atoms with Gasteiger partial charge in [-0.3, -0.25) is 14.9 Å². The number of carbonyl (C=O) groups excluding carboxylic acids is 2. The van der Waals surface area contributed by atoms with E-state index in [0.717, 1.165) is 6.07 Å². The molecule has 2 aromatic carbocycles. The number of benzene rings is 2. The molecule has 0 radical (unpaired) electrons. The number of nitro benzene ring substituents is 1. The molecule has 1 amide bonds. The highest BCUT2D eigenvalue weighted by Gasteiger charge is 2.14. The number of hydrogen-bond acceptors (Lipinski definition) is 5. The minimum absolute atomic E-state index is 0.120. The van der Waals surface area contributed by atoms with E-state index in [1.807, 2.05) is 0 Å². The maximum atomic E-state index is 12.2. The van der Waals surface area contributed by atoms with Crippen LogP contribution in [0.1, 0.15) is 27.6 Å². The van der Waals surface area contributed by atoms with Gasteiger partial charge in [0, 0.05) is 17.7 Å². The van der Waals surface area contributed by atoms with Crippen LogP contribution in [0.4, 0.5) is 11.4 Å². The Kier molecular flexibility index (Phi) is 5.49. The average molecular weight is 349 g/mol. The molecule has 124 valence electrons. The molecule has 0 atom stereocenters. The van der Waals surface area contributed by atoms with Crippen molar-refractivity contribution in [3.63, 3.8) is 0 Å². The molecule has 0 aliphatic carbocycles. The molecule has 2 rings (SSSR count). The van der Waals surface area contributed by atoms with E-state index in [1.165, 1.54) is 36.4 Å². The van der Waals surface area contributed by atoms with Gasteiger partial charge >= 0.3 is 5.97 Å². The standard InChI is InChI=1S/C16H13ClN2O5/c1-2-24-16(21)11-6-7-14(13(17)9-11)18-15(20)10-4-3-5-12(8-10)19(22)23/h3-9H,2H2,1H3,(H,18,20). The Morgan fingerprint density at radius 2 is 1.96 bits per heavy atom. The van der Waals surface area contributed by atoms with E-state index < -0.39 is 16.8 Å². The summed E-state index contributed by atoms with van der Waals surface area (Å²) in [4.78, 5) is 34.0. The summed E-state index contributed by atoms with van der Waals surface area (Å²) in [6, 6.07) is 9.62. The van der Waals surface area contributed by atoms with Gasteiger partial charge in [0.2, 0.25) is 0 Å². The van der Waals surface area contributed by atoms with Gasteiger partial charge in [-0.25, -0.2) is 4.79 Å². The largest absolute Gasteiger partial charge is 0.462 e. The van der Waals surface area contributed by atoms with Crippen molar-refractivity contribution in [2.24, 2.45) is 0 Å². The number of halogens is 1. The maximum absolute atomic E-state index is 12.2. The van der Waals surface area contributed by atoms with Crippen molar-refractivity contribution >= 4 is 34.9 Å². The third kappa shape index (κ3) is 4.08. The fraction of sp³-hybridized carbons (Fsp3) is 0.125. The minimum atomic E-state index is -0.585. The molecule has 8 heteroatoms. The van der Waals surface area contributed by atoms with Crippen LogP contribution in [0.3, 0.4) is 0 Å². The van der Waals surface area contributed by atoms with Gasteiger partial charge in [0.25, 0.3) is 11.6 Å². The Labute approximate surface area is 142 Å². The molecule has 0 aliphatic rings. The smallest absolute Gasteiger partial charge is 0.338 e. The Balaban J connectivity index is 2.19. The van der Waals surface area contributed by atoms with E-state index in [4.69, 9.17) is 16.3 Å². The maximum Gasteiger partial charge on any atom is 0.338 e. The number of nitrogens with zero attached hydrogens (tertiary/aromatic N) is 1. The first-order chi connectivity index (χ1) is 11.4. The molecule has 0 bridgehead atoms. The van der Waals surface area contributed by atoms with Gasteiger partial charge in [0.1, 0.15) is 0 Å². The molecule has 0 saturated heterocycles. The van der Waals surface area contributed by atoms with Crippen LogP contribution < -0.4 is 5.32 Å². The number of anilines is 1. The van der Waals surface area contributed by atoms with Crippen molar-refractivity contribution in [3.05, 3.63) is 68.7 Å². The van der Waals surface area contributed by atoms with Crippen LogP contribution in [-0.2, 0) is 4.74 Å². The molecule has 0 spiro atoms. The first-order valence-electron chi connectivity index (χ1n) is 6.95. The summed E-state index contributed by atoms with van der Waals surface area (Å²) in [5.74, 6) is -1.07. The van der Waals surface area contributed by atoms with Crippen LogP contribution in [0.25, 0.3) is 0 Å². The quantitative estimate of drug-likeness (QED) is 0.505. The van der Waals surface area contributed by atoms with Crippen LogP contribution in [0.2, 0.25) is 5.02 Å². The van der Waals surface area contributed by atoms with Gasteiger partial charge in [0.05, 0.1) is 27.8 Å². The highest BCUT2D eigenvalue weighted by molar-refractivity contribution is 6.34. The number of carbonyl (C=O) groups is 2. The van der Waals surface area contributed by atoms with Gasteiger partial charge < -0.3 is 10.1 Å². The number of nitrogens with one attached hydrogen (secondary N) is 1. The van der Waals surface area contributed by atoms with E-state index in [0.29, 0.717) is 0 Å². The van der Waals surface area contributed by atoms with Gasteiger partial charge in [-0.15, -0.1) is 0 Å². The third-order valence-electron chi connectivity index (χ3n) is 3.05. The van der Waals surface area contributed by atoms with Gasteiger partial charge in [-0.1, -0.05) is 17.7 Å². The van der Waals surface area contributed by atoms with E-state index in [-0.39, 0.29) is 34.1 Å². The first kappa shape index (κ1) is 17.4. The molecule has 0 saturated carbocycles. The molecule has 0 aromatic heterocycles. The van der Waals surface area contributed by atoms with Crippen LogP contribution in [0.5, 0.6) is 0 Å². The van der Waals surface area contributed by atoms with E-state index in [2.05, 4.69) is 5.32 Å². The summed E-state index contributed by atoms with van der Waals surface area (Å²) in [5.41, 5.74) is 0.470. The lowest BCUT2D eigenvalue weighted by atomic mass is 10.1. The zero-order chi connectivity index (χ0) is 17.7. The van der Waals surface area contributed by atoms with Crippen molar-refractivity contribution in [2.45, 2.75) is 6.92 Å². The first-order valence-corrected chi connectivity index (χ1v) is 7.32. The number of ether oxygens (including phenoxy) is 1. The summed E-state index contributed by atoms with van der Waals surface area (Å²) >= 11 is 6.06. The molecule has 7 nitrogen and oxygen atoms in total. The predicted octanol–water partition coefficient (Wildman–Crippen LogP) is 3.68. The highest BCUT2D eigenvalue weighted by Crippen LogP contribution is 2.24. The number of non-ortho nitro benzene ring substituents is 1. The lowest BCUT2D eigenvalue weighted by molar-refractivity contribution is -0.384. The summed E-state index contributed by atoms with van der Waals surface area (Å²) in [6.45, 7) is 1.93. The fourth-order valence-electron chi connectivity index (χ4n) is 1.91. The second kappa shape index (κ2) is 7.56. The summed E-state index contributed by atoms with van der Waals surface area (Å²) in [5, 5.41) is 13.4. The van der Waals surface area contributed by atoms with Gasteiger partial charge in [-0.05, 0) is 31.2 Å². The molecule has 0 aliphatic heterocycles. The van der Waals surface area contributed by atoms with Crippen molar-refractivity contribution < 1.29 is 19.2 Å². The monoisotopic (exact) mass is 348 g/mol. The van der Waals surface area contributed by atoms with Gasteiger partial charge in [-0.2, -0.15) is 0 Å². The Morgan fingerprint density at radius 3 is 2.58 bits per heavy atom.